The molecule has 0 spiro atoms. The maximum Gasteiger partial charge on any atom is 0.108 e. The smallest absolute Gasteiger partial charge is 0.108 e. The van der Waals surface area contributed by atoms with Crippen molar-refractivity contribution in [2.24, 2.45) is 7.05 Å². The maximum atomic E-state index is 10.2. The molecule has 0 aliphatic heterocycles. The summed E-state index contributed by atoms with van der Waals surface area (Å²) < 4.78 is 2.04. The Bertz CT molecular complexity index is 535. The van der Waals surface area contributed by atoms with Crippen LogP contribution in [0, 0.1) is 6.92 Å². The van der Waals surface area contributed by atoms with Gasteiger partial charge in [0.1, 0.15) is 6.10 Å². The van der Waals surface area contributed by atoms with Crippen molar-refractivity contribution >= 4 is 26.8 Å². The van der Waals surface area contributed by atoms with Crippen LogP contribution in [0.15, 0.2) is 24.3 Å². The van der Waals surface area contributed by atoms with E-state index >= 15 is 0 Å². The summed E-state index contributed by atoms with van der Waals surface area (Å²) in [6.45, 7) is 1.96. The van der Waals surface area contributed by atoms with Crippen molar-refractivity contribution in [1.82, 2.24) is 4.57 Å². The van der Waals surface area contributed by atoms with E-state index in [1.54, 1.807) is 0 Å². The number of aliphatic hydroxyl groups is 2. The van der Waals surface area contributed by atoms with Crippen molar-refractivity contribution in [3.8, 4) is 0 Å². The maximum absolute atomic E-state index is 10.2. The summed E-state index contributed by atoms with van der Waals surface area (Å²) in [6, 6.07) is 7.90. The molecule has 2 unspecified atom stereocenters. The molecule has 2 N–H and O–H groups in total. The fourth-order valence-electron chi connectivity index (χ4n) is 2.20. The molecule has 0 fully saturated rings. The zero-order chi connectivity index (χ0) is 12.6. The van der Waals surface area contributed by atoms with Gasteiger partial charge in [-0.3, -0.25) is 0 Å². The predicted molar refractivity (Wildman–Crippen MR) is 72.4 cm³/mol. The Morgan fingerprint density at radius 3 is 2.59 bits per heavy atom. The van der Waals surface area contributed by atoms with Crippen LogP contribution >= 0.6 is 15.9 Å². The summed E-state index contributed by atoms with van der Waals surface area (Å²) in [5.74, 6) is 0. The normalized spacial score (nSPS) is 15.1. The Morgan fingerprint density at radius 2 is 1.94 bits per heavy atom. The van der Waals surface area contributed by atoms with Crippen molar-refractivity contribution in [2.45, 2.75) is 19.1 Å². The highest BCUT2D eigenvalue weighted by Crippen LogP contribution is 2.31. The quantitative estimate of drug-likeness (QED) is 0.854. The molecule has 1 aromatic carbocycles. The van der Waals surface area contributed by atoms with Gasteiger partial charge in [0.2, 0.25) is 0 Å². The van der Waals surface area contributed by atoms with Crippen molar-refractivity contribution in [3.05, 3.63) is 35.5 Å². The van der Waals surface area contributed by atoms with Gasteiger partial charge >= 0.3 is 0 Å². The summed E-state index contributed by atoms with van der Waals surface area (Å²) in [5.41, 5.74) is 2.87. The average Bonchev–Trinajstić information content (AvgIpc) is 2.61. The molecular weight excluding hydrogens is 282 g/mol. The minimum Gasteiger partial charge on any atom is -0.389 e. The number of benzene rings is 1. The van der Waals surface area contributed by atoms with Crippen LogP contribution in [-0.4, -0.2) is 26.2 Å². The first-order valence-corrected chi connectivity index (χ1v) is 6.66. The van der Waals surface area contributed by atoms with Gasteiger partial charge in [0.05, 0.1) is 6.10 Å². The van der Waals surface area contributed by atoms with Crippen LogP contribution in [0.4, 0.5) is 0 Å². The number of aliphatic hydroxyl groups excluding tert-OH is 2. The summed E-state index contributed by atoms with van der Waals surface area (Å²) in [4.78, 5) is 0. The van der Waals surface area contributed by atoms with Crippen LogP contribution in [0.2, 0.25) is 0 Å². The second kappa shape index (κ2) is 4.80. The number of aryl methyl sites for hydroxylation is 1. The molecule has 2 aromatic rings. The zero-order valence-corrected chi connectivity index (χ0v) is 11.5. The number of alkyl halides is 1. The van der Waals surface area contributed by atoms with Crippen LogP contribution in [-0.2, 0) is 7.05 Å². The van der Waals surface area contributed by atoms with E-state index in [-0.39, 0.29) is 0 Å². The average molecular weight is 298 g/mol. The van der Waals surface area contributed by atoms with Gasteiger partial charge in [0.15, 0.2) is 0 Å². The van der Waals surface area contributed by atoms with Crippen molar-refractivity contribution in [1.29, 1.82) is 0 Å². The second-order valence-corrected chi connectivity index (χ2v) is 4.89. The lowest BCUT2D eigenvalue weighted by Crippen LogP contribution is -2.20. The van der Waals surface area contributed by atoms with Crippen LogP contribution in [0.5, 0.6) is 0 Å². The summed E-state index contributed by atoms with van der Waals surface area (Å²) in [6.07, 6.45) is -1.65. The van der Waals surface area contributed by atoms with Crippen molar-refractivity contribution in [2.75, 3.05) is 5.33 Å². The van der Waals surface area contributed by atoms with Crippen LogP contribution in [0.25, 0.3) is 10.9 Å². The van der Waals surface area contributed by atoms with Gasteiger partial charge in [-0.1, -0.05) is 34.1 Å². The molecule has 2 rings (SSSR count). The predicted octanol–water partition coefficient (Wildman–Crippen LogP) is 2.28. The van der Waals surface area contributed by atoms with Gasteiger partial charge in [-0.05, 0) is 13.0 Å². The first-order chi connectivity index (χ1) is 8.07. The lowest BCUT2D eigenvalue weighted by molar-refractivity contribution is 0.0347. The summed E-state index contributed by atoms with van der Waals surface area (Å²) in [7, 11) is 1.97. The minimum absolute atomic E-state index is 0.358. The molecule has 3 nitrogen and oxygen atoms in total. The van der Waals surface area contributed by atoms with Gasteiger partial charge in [0.25, 0.3) is 0 Å². The Balaban J connectivity index is 2.64. The van der Waals surface area contributed by atoms with E-state index in [4.69, 9.17) is 0 Å². The topological polar surface area (TPSA) is 45.4 Å². The number of fused-ring (bicyclic) bond motifs is 1. The van der Waals surface area contributed by atoms with Crippen LogP contribution < -0.4 is 0 Å². The fourth-order valence-corrected chi connectivity index (χ4v) is 2.55. The van der Waals surface area contributed by atoms with E-state index in [9.17, 15) is 10.2 Å². The first kappa shape index (κ1) is 12.6. The van der Waals surface area contributed by atoms with Gasteiger partial charge in [-0.15, -0.1) is 0 Å². The van der Waals surface area contributed by atoms with Crippen molar-refractivity contribution in [3.63, 3.8) is 0 Å². The van der Waals surface area contributed by atoms with Crippen LogP contribution in [0.1, 0.15) is 17.4 Å². The zero-order valence-electron chi connectivity index (χ0n) is 9.89. The fraction of sp³-hybridized carbons (Fsp3) is 0.385. The molecule has 0 aliphatic rings. The molecule has 0 radical (unpaired) electrons. The van der Waals surface area contributed by atoms with E-state index in [1.807, 2.05) is 42.8 Å². The van der Waals surface area contributed by atoms with E-state index in [1.165, 1.54) is 0 Å². The summed E-state index contributed by atoms with van der Waals surface area (Å²) in [5, 5.41) is 21.3. The van der Waals surface area contributed by atoms with Gasteiger partial charge in [0, 0.05) is 34.5 Å². The number of halogens is 1. The Morgan fingerprint density at radius 1 is 1.29 bits per heavy atom. The molecule has 17 heavy (non-hydrogen) atoms. The van der Waals surface area contributed by atoms with E-state index in [2.05, 4.69) is 15.9 Å². The first-order valence-electron chi connectivity index (χ1n) is 5.54. The van der Waals surface area contributed by atoms with Crippen LogP contribution in [0.3, 0.4) is 0 Å². The van der Waals surface area contributed by atoms with E-state index < -0.39 is 12.2 Å². The van der Waals surface area contributed by atoms with E-state index in [0.717, 1.165) is 22.2 Å². The lowest BCUT2D eigenvalue weighted by Gasteiger charge is -2.16. The third kappa shape index (κ3) is 2.01. The molecule has 92 valence electrons. The molecule has 0 bridgehead atoms. The van der Waals surface area contributed by atoms with Gasteiger partial charge < -0.3 is 14.8 Å². The molecule has 0 saturated carbocycles. The molecule has 0 amide bonds. The number of rotatable bonds is 3. The SMILES string of the molecule is Cc1c(C(O)C(O)CBr)c2ccccc2n1C. The number of nitrogens with zero attached hydrogens (tertiary/aromatic N) is 1. The molecule has 0 aliphatic carbocycles. The molecule has 1 aromatic heterocycles. The third-order valence-corrected chi connectivity index (χ3v) is 3.93. The van der Waals surface area contributed by atoms with Crippen molar-refractivity contribution < 1.29 is 10.2 Å². The Hall–Kier alpha value is -0.840. The minimum atomic E-state index is -0.861. The number of aromatic nitrogens is 1. The second-order valence-electron chi connectivity index (χ2n) is 4.24. The number of para-hydroxylation sites is 1. The Kier molecular flexibility index (Phi) is 3.56. The number of hydrogen-bond donors (Lipinski definition) is 2. The highest BCUT2D eigenvalue weighted by atomic mass is 79.9. The highest BCUT2D eigenvalue weighted by Gasteiger charge is 2.24. The van der Waals surface area contributed by atoms with E-state index in [0.29, 0.717) is 5.33 Å². The molecule has 0 saturated heterocycles. The summed E-state index contributed by atoms with van der Waals surface area (Å²) >= 11 is 3.19. The molecule has 1 heterocycles. The van der Waals surface area contributed by atoms with Gasteiger partial charge in [-0.2, -0.15) is 0 Å². The van der Waals surface area contributed by atoms with Gasteiger partial charge in [-0.25, -0.2) is 0 Å². The monoisotopic (exact) mass is 297 g/mol. The molecule has 2 atom stereocenters. The number of hydrogen-bond acceptors (Lipinski definition) is 2. The highest BCUT2D eigenvalue weighted by molar-refractivity contribution is 9.09. The third-order valence-electron chi connectivity index (χ3n) is 3.27. The standard InChI is InChI=1S/C13H16BrNO2/c1-8-12(13(17)11(16)7-14)9-5-3-4-6-10(9)15(8)2/h3-6,11,13,16-17H,7H2,1-2H3. The Labute approximate surface area is 109 Å². The largest absolute Gasteiger partial charge is 0.389 e. The molecule has 4 heteroatoms. The molecular formula is C13H16BrNO2. The lowest BCUT2D eigenvalue weighted by atomic mass is 10.0.